The van der Waals surface area contributed by atoms with Gasteiger partial charge in [0.1, 0.15) is 0 Å². The number of likely N-dealkylation sites (N-methyl/N-ethyl adjacent to an activating group) is 1. The molecule has 1 unspecified atom stereocenters. The Morgan fingerprint density at radius 1 is 1.29 bits per heavy atom. The van der Waals surface area contributed by atoms with Crippen molar-refractivity contribution in [2.45, 2.75) is 25.8 Å². The van der Waals surface area contributed by atoms with Crippen molar-refractivity contribution in [3.8, 4) is 0 Å². The second kappa shape index (κ2) is 6.57. The predicted molar refractivity (Wildman–Crippen MR) is 61.3 cm³/mol. The van der Waals surface area contributed by atoms with Crippen LogP contribution in [0.1, 0.15) is 18.9 Å². The van der Waals surface area contributed by atoms with Crippen LogP contribution in [0.25, 0.3) is 0 Å². The van der Waals surface area contributed by atoms with Crippen LogP contribution in [0.4, 0.5) is 0 Å². The van der Waals surface area contributed by atoms with Gasteiger partial charge in [0.2, 0.25) is 0 Å². The average Bonchev–Trinajstić information content (AvgIpc) is 2.25. The second-order valence-corrected chi connectivity index (χ2v) is 3.59. The van der Waals surface area contributed by atoms with Gasteiger partial charge in [0, 0.05) is 12.6 Å². The van der Waals surface area contributed by atoms with Gasteiger partial charge in [-0.15, -0.1) is 0 Å². The Balaban J connectivity index is 2.20. The minimum absolute atomic E-state index is 0.273. The summed E-state index contributed by atoms with van der Waals surface area (Å²) in [7, 11) is 0. The molecule has 0 radical (unpaired) electrons. The third-order valence-corrected chi connectivity index (χ3v) is 2.30. The van der Waals surface area contributed by atoms with Gasteiger partial charge >= 0.3 is 0 Å². The van der Waals surface area contributed by atoms with Gasteiger partial charge in [0.05, 0.1) is 0 Å². The van der Waals surface area contributed by atoms with Crippen molar-refractivity contribution in [3.05, 3.63) is 35.9 Å². The summed E-state index contributed by atoms with van der Waals surface area (Å²) >= 11 is 0. The molecule has 0 fully saturated rings. The van der Waals surface area contributed by atoms with Crippen LogP contribution in [0.15, 0.2) is 30.3 Å². The number of nitrogens with one attached hydrogen (secondary N) is 1. The van der Waals surface area contributed by atoms with Crippen molar-refractivity contribution in [1.29, 1.82) is 0 Å². The van der Waals surface area contributed by atoms with Crippen molar-refractivity contribution >= 4 is 0 Å². The Bertz CT molecular complexity index is 233. The van der Waals surface area contributed by atoms with Gasteiger partial charge in [0.25, 0.3) is 0 Å². The van der Waals surface area contributed by atoms with Crippen molar-refractivity contribution in [3.63, 3.8) is 0 Å². The van der Waals surface area contributed by atoms with E-state index in [9.17, 15) is 0 Å². The predicted octanol–water partition coefficient (Wildman–Crippen LogP) is 1.56. The summed E-state index contributed by atoms with van der Waals surface area (Å²) in [6, 6.07) is 10.8. The maximum Gasteiger partial charge on any atom is 0.0168 e. The van der Waals surface area contributed by atoms with E-state index in [0.29, 0.717) is 0 Å². The molecule has 0 spiro atoms. The Hall–Kier alpha value is -0.860. The molecule has 1 rings (SSSR count). The van der Waals surface area contributed by atoms with Gasteiger partial charge < -0.3 is 11.1 Å². The highest BCUT2D eigenvalue weighted by atomic mass is 14.9. The molecule has 0 bridgehead atoms. The molecule has 2 nitrogen and oxygen atoms in total. The first-order valence-electron chi connectivity index (χ1n) is 5.33. The van der Waals surface area contributed by atoms with Gasteiger partial charge in [0.15, 0.2) is 0 Å². The first-order valence-corrected chi connectivity index (χ1v) is 5.33. The zero-order valence-electron chi connectivity index (χ0n) is 8.87. The molecule has 1 atom stereocenters. The van der Waals surface area contributed by atoms with Crippen LogP contribution >= 0.6 is 0 Å². The van der Waals surface area contributed by atoms with Gasteiger partial charge in [-0.2, -0.15) is 0 Å². The second-order valence-electron chi connectivity index (χ2n) is 3.59. The lowest BCUT2D eigenvalue weighted by Gasteiger charge is -2.11. The number of nitrogens with two attached hydrogens (primary N) is 1. The molecule has 0 aromatic heterocycles. The topological polar surface area (TPSA) is 38.0 Å². The van der Waals surface area contributed by atoms with Crippen LogP contribution in [0.5, 0.6) is 0 Å². The summed E-state index contributed by atoms with van der Waals surface area (Å²) in [5, 5.41) is 3.26. The first-order chi connectivity index (χ1) is 6.83. The molecule has 1 aromatic carbocycles. The van der Waals surface area contributed by atoms with E-state index in [2.05, 4.69) is 36.5 Å². The summed E-state index contributed by atoms with van der Waals surface area (Å²) in [6.45, 7) is 4.02. The lowest BCUT2D eigenvalue weighted by atomic mass is 10.1. The molecule has 1 aromatic rings. The molecular formula is C12H20N2. The molecule has 0 aliphatic heterocycles. The highest BCUT2D eigenvalue weighted by Crippen LogP contribution is 2.03. The smallest absolute Gasteiger partial charge is 0.0168 e. The molecular weight excluding hydrogens is 172 g/mol. The fraction of sp³-hybridized carbons (Fsp3) is 0.500. The Morgan fingerprint density at radius 3 is 2.64 bits per heavy atom. The fourth-order valence-corrected chi connectivity index (χ4v) is 1.43. The molecule has 14 heavy (non-hydrogen) atoms. The standard InChI is InChI=1S/C12H20N2/c1-2-14-10-12(13)9-8-11-6-4-3-5-7-11/h3-7,12,14H,2,8-10,13H2,1H3. The lowest BCUT2D eigenvalue weighted by Crippen LogP contribution is -2.34. The van der Waals surface area contributed by atoms with E-state index in [0.717, 1.165) is 25.9 Å². The quantitative estimate of drug-likeness (QED) is 0.718. The summed E-state index contributed by atoms with van der Waals surface area (Å²) < 4.78 is 0. The minimum Gasteiger partial charge on any atom is -0.327 e. The highest BCUT2D eigenvalue weighted by molar-refractivity contribution is 5.14. The van der Waals surface area contributed by atoms with E-state index >= 15 is 0 Å². The maximum absolute atomic E-state index is 5.95. The summed E-state index contributed by atoms with van der Waals surface area (Å²) in [6.07, 6.45) is 2.13. The normalized spacial score (nSPS) is 12.7. The zero-order valence-corrected chi connectivity index (χ0v) is 8.87. The van der Waals surface area contributed by atoms with Crippen LogP contribution in [0, 0.1) is 0 Å². The van der Waals surface area contributed by atoms with Crippen molar-refractivity contribution < 1.29 is 0 Å². The molecule has 0 heterocycles. The third kappa shape index (κ3) is 4.40. The van der Waals surface area contributed by atoms with Gasteiger partial charge in [-0.25, -0.2) is 0 Å². The molecule has 0 aliphatic carbocycles. The van der Waals surface area contributed by atoms with Gasteiger partial charge in [-0.3, -0.25) is 0 Å². The summed E-state index contributed by atoms with van der Waals surface area (Å²) in [4.78, 5) is 0. The number of benzene rings is 1. The molecule has 0 saturated heterocycles. The van der Waals surface area contributed by atoms with Crippen LogP contribution in [0.2, 0.25) is 0 Å². The van der Waals surface area contributed by atoms with E-state index in [1.165, 1.54) is 5.56 Å². The lowest BCUT2D eigenvalue weighted by molar-refractivity contribution is 0.555. The molecule has 0 amide bonds. The Morgan fingerprint density at radius 2 is 2.00 bits per heavy atom. The monoisotopic (exact) mass is 192 g/mol. The number of hydrogen-bond donors (Lipinski definition) is 2. The van der Waals surface area contributed by atoms with E-state index in [1.54, 1.807) is 0 Å². The summed E-state index contributed by atoms with van der Waals surface area (Å²) in [5.74, 6) is 0. The van der Waals surface area contributed by atoms with Crippen LogP contribution in [-0.4, -0.2) is 19.1 Å². The number of hydrogen-bond acceptors (Lipinski definition) is 2. The molecule has 3 N–H and O–H groups in total. The number of aryl methyl sites for hydroxylation is 1. The Kier molecular flexibility index (Phi) is 5.27. The van der Waals surface area contributed by atoms with E-state index in [4.69, 9.17) is 5.73 Å². The average molecular weight is 192 g/mol. The molecule has 0 aliphatic rings. The minimum atomic E-state index is 0.273. The van der Waals surface area contributed by atoms with E-state index in [-0.39, 0.29) is 6.04 Å². The largest absolute Gasteiger partial charge is 0.327 e. The SMILES string of the molecule is CCNCC(N)CCc1ccccc1. The Labute approximate surface area is 86.5 Å². The van der Waals surface area contributed by atoms with E-state index in [1.807, 2.05) is 6.07 Å². The van der Waals surface area contributed by atoms with Gasteiger partial charge in [-0.05, 0) is 24.9 Å². The third-order valence-electron chi connectivity index (χ3n) is 2.30. The molecule has 0 saturated carbocycles. The van der Waals surface area contributed by atoms with Crippen LogP contribution < -0.4 is 11.1 Å². The number of rotatable bonds is 6. The first kappa shape index (κ1) is 11.2. The molecule has 78 valence electrons. The van der Waals surface area contributed by atoms with Gasteiger partial charge in [-0.1, -0.05) is 37.3 Å². The van der Waals surface area contributed by atoms with E-state index < -0.39 is 0 Å². The van der Waals surface area contributed by atoms with Crippen molar-refractivity contribution in [2.75, 3.05) is 13.1 Å². The zero-order chi connectivity index (χ0) is 10.2. The highest BCUT2D eigenvalue weighted by Gasteiger charge is 2.01. The van der Waals surface area contributed by atoms with Crippen molar-refractivity contribution in [2.24, 2.45) is 5.73 Å². The summed E-state index contributed by atoms with van der Waals surface area (Å²) in [5.41, 5.74) is 7.32. The van der Waals surface area contributed by atoms with Crippen LogP contribution in [-0.2, 0) is 6.42 Å². The maximum atomic E-state index is 5.95. The molecule has 2 heteroatoms. The van der Waals surface area contributed by atoms with Crippen molar-refractivity contribution in [1.82, 2.24) is 5.32 Å². The van der Waals surface area contributed by atoms with Crippen LogP contribution in [0.3, 0.4) is 0 Å². The fourth-order valence-electron chi connectivity index (χ4n) is 1.43.